The molecule has 1 aliphatic rings. The average Bonchev–Trinajstić information content (AvgIpc) is 3.03. The molecule has 0 bridgehead atoms. The van der Waals surface area contributed by atoms with Gasteiger partial charge in [0.25, 0.3) is 5.56 Å². The number of anilines is 1. The van der Waals surface area contributed by atoms with Crippen LogP contribution in [0.25, 0.3) is 5.52 Å². The molecule has 4 rings (SSSR count). The zero-order chi connectivity index (χ0) is 19.9. The third kappa shape index (κ3) is 3.58. The first kappa shape index (κ1) is 18.5. The molecule has 0 N–H and O–H groups in total. The molecule has 10 heteroatoms. The second-order valence-electron chi connectivity index (χ2n) is 7.03. The SMILES string of the molecule is Cc1cc2c(N3CCC(Cn4nc(C(F)(F)F)ccc4=O)CC3)nccn2n1. The third-order valence-corrected chi connectivity index (χ3v) is 4.99. The van der Waals surface area contributed by atoms with Gasteiger partial charge in [-0.3, -0.25) is 4.79 Å². The van der Waals surface area contributed by atoms with Crippen molar-refractivity contribution in [3.8, 4) is 0 Å². The summed E-state index contributed by atoms with van der Waals surface area (Å²) >= 11 is 0. The highest BCUT2D eigenvalue weighted by Gasteiger charge is 2.33. The fraction of sp³-hybridized carbons (Fsp3) is 0.444. The number of aromatic nitrogens is 5. The Morgan fingerprint density at radius 2 is 1.93 bits per heavy atom. The monoisotopic (exact) mass is 392 g/mol. The van der Waals surface area contributed by atoms with E-state index in [4.69, 9.17) is 0 Å². The van der Waals surface area contributed by atoms with E-state index in [0.717, 1.165) is 46.7 Å². The zero-order valence-electron chi connectivity index (χ0n) is 15.2. The molecule has 28 heavy (non-hydrogen) atoms. The summed E-state index contributed by atoms with van der Waals surface area (Å²) < 4.78 is 41.3. The second kappa shape index (κ2) is 6.92. The minimum absolute atomic E-state index is 0.0799. The van der Waals surface area contributed by atoms with Crippen molar-refractivity contribution in [3.05, 3.63) is 52.3 Å². The maximum absolute atomic E-state index is 12.8. The Morgan fingerprint density at radius 1 is 1.18 bits per heavy atom. The number of piperidine rings is 1. The molecular formula is C18H19F3N6O. The van der Waals surface area contributed by atoms with Gasteiger partial charge in [-0.15, -0.1) is 0 Å². The van der Waals surface area contributed by atoms with Gasteiger partial charge in [-0.2, -0.15) is 23.4 Å². The lowest BCUT2D eigenvalue weighted by Crippen LogP contribution is -2.37. The largest absolute Gasteiger partial charge is 0.435 e. The van der Waals surface area contributed by atoms with Gasteiger partial charge < -0.3 is 4.90 Å². The van der Waals surface area contributed by atoms with Crippen molar-refractivity contribution in [2.75, 3.05) is 18.0 Å². The van der Waals surface area contributed by atoms with Gasteiger partial charge >= 0.3 is 6.18 Å². The highest BCUT2D eigenvalue weighted by atomic mass is 19.4. The lowest BCUT2D eigenvalue weighted by Gasteiger charge is -2.33. The lowest BCUT2D eigenvalue weighted by molar-refractivity contribution is -0.142. The van der Waals surface area contributed by atoms with E-state index in [1.165, 1.54) is 0 Å². The summed E-state index contributed by atoms with van der Waals surface area (Å²) in [6, 6.07) is 3.62. The van der Waals surface area contributed by atoms with Gasteiger partial charge in [0.05, 0.1) is 5.69 Å². The van der Waals surface area contributed by atoms with E-state index >= 15 is 0 Å². The lowest BCUT2D eigenvalue weighted by atomic mass is 9.97. The predicted octanol–water partition coefficient (Wildman–Crippen LogP) is 2.53. The van der Waals surface area contributed by atoms with E-state index in [0.29, 0.717) is 13.1 Å². The average molecular weight is 392 g/mol. The molecule has 1 saturated heterocycles. The molecule has 148 valence electrons. The van der Waals surface area contributed by atoms with Gasteiger partial charge in [0, 0.05) is 38.1 Å². The summed E-state index contributed by atoms with van der Waals surface area (Å²) in [4.78, 5) is 18.5. The minimum atomic E-state index is -4.56. The van der Waals surface area contributed by atoms with E-state index in [1.54, 1.807) is 16.9 Å². The number of halogens is 3. The Labute approximate surface area is 158 Å². The van der Waals surface area contributed by atoms with Crippen molar-refractivity contribution in [1.82, 2.24) is 24.4 Å². The summed E-state index contributed by atoms with van der Waals surface area (Å²) in [5.74, 6) is 0.923. The number of hydrogen-bond acceptors (Lipinski definition) is 5. The number of alkyl halides is 3. The molecule has 3 aromatic rings. The van der Waals surface area contributed by atoms with Crippen LogP contribution in [0, 0.1) is 12.8 Å². The van der Waals surface area contributed by atoms with Gasteiger partial charge in [-0.25, -0.2) is 14.2 Å². The first-order chi connectivity index (χ1) is 13.3. The van der Waals surface area contributed by atoms with Crippen LogP contribution in [0.15, 0.2) is 35.4 Å². The smallest absolute Gasteiger partial charge is 0.355 e. The van der Waals surface area contributed by atoms with Crippen molar-refractivity contribution in [1.29, 1.82) is 0 Å². The molecule has 0 spiro atoms. The molecule has 1 fully saturated rings. The van der Waals surface area contributed by atoms with Crippen LogP contribution in [0.4, 0.5) is 19.0 Å². The number of aryl methyl sites for hydroxylation is 1. The molecule has 3 aromatic heterocycles. The molecule has 0 amide bonds. The van der Waals surface area contributed by atoms with Crippen LogP contribution in [0.1, 0.15) is 24.2 Å². The summed E-state index contributed by atoms with van der Waals surface area (Å²) in [7, 11) is 0. The quantitative estimate of drug-likeness (QED) is 0.685. The second-order valence-corrected chi connectivity index (χ2v) is 7.03. The molecule has 1 aliphatic heterocycles. The van der Waals surface area contributed by atoms with Gasteiger partial charge in [0.2, 0.25) is 0 Å². The fourth-order valence-electron chi connectivity index (χ4n) is 3.58. The zero-order valence-corrected chi connectivity index (χ0v) is 15.2. The Hall–Kier alpha value is -2.91. The van der Waals surface area contributed by atoms with E-state index in [9.17, 15) is 18.0 Å². The number of hydrogen-bond donors (Lipinski definition) is 0. The summed E-state index contributed by atoms with van der Waals surface area (Å²) in [5, 5.41) is 7.89. The van der Waals surface area contributed by atoms with E-state index < -0.39 is 17.4 Å². The highest BCUT2D eigenvalue weighted by Crippen LogP contribution is 2.28. The highest BCUT2D eigenvalue weighted by molar-refractivity contribution is 5.69. The van der Waals surface area contributed by atoms with E-state index in [2.05, 4.69) is 20.1 Å². The van der Waals surface area contributed by atoms with Crippen LogP contribution in [0.5, 0.6) is 0 Å². The molecule has 0 atom stereocenters. The maximum atomic E-state index is 12.8. The van der Waals surface area contributed by atoms with E-state index in [-0.39, 0.29) is 12.5 Å². The topological polar surface area (TPSA) is 68.3 Å². The molecule has 0 aromatic carbocycles. The summed E-state index contributed by atoms with van der Waals surface area (Å²) in [5.41, 5.74) is 0.265. The summed E-state index contributed by atoms with van der Waals surface area (Å²) in [6.45, 7) is 3.51. The molecule has 0 radical (unpaired) electrons. The van der Waals surface area contributed by atoms with Crippen LogP contribution >= 0.6 is 0 Å². The van der Waals surface area contributed by atoms with Crippen LogP contribution in [0.3, 0.4) is 0 Å². The molecule has 0 saturated carbocycles. The normalized spacial score (nSPS) is 16.1. The van der Waals surface area contributed by atoms with Gasteiger partial charge in [0.15, 0.2) is 11.5 Å². The standard InChI is InChI=1S/C18H19F3N6O/c1-12-10-14-17(22-6-9-26(14)23-12)25-7-4-13(5-8-25)11-27-16(28)3-2-15(24-27)18(19,20)21/h2-3,6,9-10,13H,4-5,7-8,11H2,1H3. The molecular weight excluding hydrogens is 373 g/mol. The molecule has 0 aliphatic carbocycles. The molecule has 7 nitrogen and oxygen atoms in total. The molecule has 4 heterocycles. The third-order valence-electron chi connectivity index (χ3n) is 4.99. The Bertz CT molecular complexity index is 1050. The molecule has 0 unspecified atom stereocenters. The van der Waals surface area contributed by atoms with Gasteiger partial charge in [-0.1, -0.05) is 0 Å². The number of rotatable bonds is 3. The van der Waals surface area contributed by atoms with E-state index in [1.807, 2.05) is 13.0 Å². The van der Waals surface area contributed by atoms with Gasteiger partial charge in [-0.05, 0) is 37.8 Å². The van der Waals surface area contributed by atoms with Crippen molar-refractivity contribution in [2.24, 2.45) is 5.92 Å². The van der Waals surface area contributed by atoms with Gasteiger partial charge in [0.1, 0.15) is 5.52 Å². The number of nitrogens with zero attached hydrogens (tertiary/aromatic N) is 6. The summed E-state index contributed by atoms with van der Waals surface area (Å²) in [6.07, 6.45) is 0.407. The first-order valence-electron chi connectivity index (χ1n) is 9.02. The fourth-order valence-corrected chi connectivity index (χ4v) is 3.58. The van der Waals surface area contributed by atoms with Crippen molar-refractivity contribution in [3.63, 3.8) is 0 Å². The van der Waals surface area contributed by atoms with Crippen molar-refractivity contribution in [2.45, 2.75) is 32.5 Å². The van der Waals surface area contributed by atoms with Crippen LogP contribution in [0.2, 0.25) is 0 Å². The Morgan fingerprint density at radius 3 is 2.64 bits per heavy atom. The maximum Gasteiger partial charge on any atom is 0.435 e. The van der Waals surface area contributed by atoms with Crippen LogP contribution in [-0.2, 0) is 12.7 Å². The minimum Gasteiger partial charge on any atom is -0.355 e. The van der Waals surface area contributed by atoms with Crippen molar-refractivity contribution < 1.29 is 13.2 Å². The van der Waals surface area contributed by atoms with Crippen molar-refractivity contribution >= 4 is 11.3 Å². The first-order valence-corrected chi connectivity index (χ1v) is 9.02. The predicted molar refractivity (Wildman–Crippen MR) is 96.2 cm³/mol. The van der Waals surface area contributed by atoms with Crippen LogP contribution in [-0.4, -0.2) is 37.5 Å². The number of fused-ring (bicyclic) bond motifs is 1. The Balaban J connectivity index is 1.47. The van der Waals surface area contributed by atoms with Crippen LogP contribution < -0.4 is 10.5 Å². The Kier molecular flexibility index (Phi) is 4.56.